The molecule has 0 saturated heterocycles. The summed E-state index contributed by atoms with van der Waals surface area (Å²) >= 11 is 0.243. The lowest BCUT2D eigenvalue weighted by Gasteiger charge is -2.05. The fraction of sp³-hybridized carbons (Fsp3) is 0.154. The number of sulfone groups is 1. The first-order valence-corrected chi connectivity index (χ1v) is 8.79. The van der Waals surface area contributed by atoms with E-state index in [2.05, 4.69) is 10.3 Å². The first kappa shape index (κ1) is 18.7. The molecule has 0 saturated carbocycles. The molecule has 12 heteroatoms. The first-order valence-electron chi connectivity index (χ1n) is 6.32. The van der Waals surface area contributed by atoms with Crippen molar-refractivity contribution in [2.75, 3.05) is 11.1 Å². The summed E-state index contributed by atoms with van der Waals surface area (Å²) in [5.41, 5.74) is -0.728. The highest BCUT2D eigenvalue weighted by atomic mass is 32.2. The molecular formula is C13H8F3N3O4S2. The third-order valence-corrected chi connectivity index (χ3v) is 5.91. The van der Waals surface area contributed by atoms with E-state index in [-0.39, 0.29) is 27.8 Å². The Bertz CT molecular complexity index is 962. The maximum absolute atomic E-state index is 12.4. The lowest BCUT2D eigenvalue weighted by Crippen LogP contribution is -2.22. The standard InChI is InChI=1S/C13H8F3N3O4S2/c14-13(15,16)6-25(22,23)11-9(5-17)18-12(24-11)19-10(21)7-2-1-3-8(20)4-7/h1-4,20H,6H2,(H,18,19,21). The summed E-state index contributed by atoms with van der Waals surface area (Å²) in [5, 5.41) is 20.0. The molecule has 0 aliphatic carbocycles. The highest BCUT2D eigenvalue weighted by Crippen LogP contribution is 2.31. The molecule has 0 spiro atoms. The van der Waals surface area contributed by atoms with Crippen molar-refractivity contribution in [3.05, 3.63) is 35.5 Å². The molecule has 0 aliphatic heterocycles. The summed E-state index contributed by atoms with van der Waals surface area (Å²) in [6.07, 6.45) is -4.99. The molecule has 2 aromatic rings. The second kappa shape index (κ2) is 6.69. The van der Waals surface area contributed by atoms with Crippen LogP contribution in [-0.2, 0) is 9.84 Å². The number of nitriles is 1. The van der Waals surface area contributed by atoms with Gasteiger partial charge < -0.3 is 5.11 Å². The van der Waals surface area contributed by atoms with Crippen LogP contribution in [0.1, 0.15) is 16.1 Å². The van der Waals surface area contributed by atoms with Gasteiger partial charge >= 0.3 is 6.18 Å². The Morgan fingerprint density at radius 2 is 2.08 bits per heavy atom. The van der Waals surface area contributed by atoms with Crippen LogP contribution in [-0.4, -0.2) is 36.3 Å². The lowest BCUT2D eigenvalue weighted by atomic mass is 10.2. The van der Waals surface area contributed by atoms with Crippen LogP contribution in [0.2, 0.25) is 0 Å². The van der Waals surface area contributed by atoms with Gasteiger partial charge in [0.2, 0.25) is 0 Å². The van der Waals surface area contributed by atoms with Crippen LogP contribution in [0.5, 0.6) is 5.75 Å². The van der Waals surface area contributed by atoms with Gasteiger partial charge in [-0.05, 0) is 18.2 Å². The van der Waals surface area contributed by atoms with E-state index < -0.39 is 37.6 Å². The van der Waals surface area contributed by atoms with Gasteiger partial charge in [0.25, 0.3) is 5.91 Å². The number of carbonyl (C=O) groups is 1. The molecule has 1 aromatic carbocycles. The SMILES string of the molecule is N#Cc1nc(NC(=O)c2cccc(O)c2)sc1S(=O)(=O)CC(F)(F)F. The molecule has 7 nitrogen and oxygen atoms in total. The predicted octanol–water partition coefficient (Wildman–Crippen LogP) is 2.31. The van der Waals surface area contributed by atoms with Crippen LogP contribution >= 0.6 is 11.3 Å². The molecule has 25 heavy (non-hydrogen) atoms. The van der Waals surface area contributed by atoms with Gasteiger partial charge in [-0.2, -0.15) is 18.4 Å². The predicted molar refractivity (Wildman–Crippen MR) is 81.0 cm³/mol. The number of hydrogen-bond acceptors (Lipinski definition) is 7. The van der Waals surface area contributed by atoms with Crippen molar-refractivity contribution in [1.82, 2.24) is 4.98 Å². The van der Waals surface area contributed by atoms with Crippen molar-refractivity contribution < 1.29 is 31.5 Å². The molecule has 0 atom stereocenters. The lowest BCUT2D eigenvalue weighted by molar-refractivity contribution is -0.106. The highest BCUT2D eigenvalue weighted by molar-refractivity contribution is 7.93. The molecule has 1 aromatic heterocycles. The van der Waals surface area contributed by atoms with E-state index in [1.165, 1.54) is 24.3 Å². The number of phenols is 1. The van der Waals surface area contributed by atoms with Crippen LogP contribution < -0.4 is 5.32 Å². The molecule has 0 aliphatic rings. The Balaban J connectivity index is 2.32. The molecule has 2 rings (SSSR count). The molecule has 132 valence electrons. The maximum Gasteiger partial charge on any atom is 0.403 e. The van der Waals surface area contributed by atoms with Gasteiger partial charge in [-0.3, -0.25) is 10.1 Å². The van der Waals surface area contributed by atoms with Crippen molar-refractivity contribution in [1.29, 1.82) is 5.26 Å². The van der Waals surface area contributed by atoms with Crippen molar-refractivity contribution >= 4 is 32.2 Å². The van der Waals surface area contributed by atoms with Crippen LogP contribution in [0.15, 0.2) is 28.5 Å². The fourth-order valence-corrected chi connectivity index (χ4v) is 4.25. The molecule has 1 heterocycles. The summed E-state index contributed by atoms with van der Waals surface area (Å²) in [7, 11) is -4.83. The number of aromatic nitrogens is 1. The van der Waals surface area contributed by atoms with E-state index in [0.29, 0.717) is 0 Å². The van der Waals surface area contributed by atoms with Gasteiger partial charge in [-0.1, -0.05) is 17.4 Å². The Labute approximate surface area is 143 Å². The average molecular weight is 391 g/mol. The van der Waals surface area contributed by atoms with Crippen LogP contribution in [0.4, 0.5) is 18.3 Å². The van der Waals surface area contributed by atoms with Crippen LogP contribution in [0, 0.1) is 11.3 Å². The number of aromatic hydroxyl groups is 1. The number of rotatable bonds is 4. The maximum atomic E-state index is 12.4. The molecular weight excluding hydrogens is 383 g/mol. The van der Waals surface area contributed by atoms with Crippen molar-refractivity contribution in [2.24, 2.45) is 0 Å². The first-order chi connectivity index (χ1) is 11.5. The number of anilines is 1. The van der Waals surface area contributed by atoms with Gasteiger partial charge in [0.15, 0.2) is 30.6 Å². The van der Waals surface area contributed by atoms with E-state index in [1.807, 2.05) is 0 Å². The third kappa shape index (κ3) is 4.68. The third-order valence-electron chi connectivity index (χ3n) is 2.67. The average Bonchev–Trinajstić information content (AvgIpc) is 2.88. The van der Waals surface area contributed by atoms with Gasteiger partial charge in [0.05, 0.1) is 0 Å². The van der Waals surface area contributed by atoms with Gasteiger partial charge in [0.1, 0.15) is 11.8 Å². The minimum Gasteiger partial charge on any atom is -0.508 e. The Morgan fingerprint density at radius 1 is 1.40 bits per heavy atom. The van der Waals surface area contributed by atoms with E-state index in [0.717, 1.165) is 6.07 Å². The van der Waals surface area contributed by atoms with Crippen molar-refractivity contribution in [2.45, 2.75) is 10.4 Å². The number of thiazole rings is 1. The number of amides is 1. The topological polar surface area (TPSA) is 120 Å². The van der Waals surface area contributed by atoms with Gasteiger partial charge in [0, 0.05) is 5.56 Å². The number of carbonyl (C=O) groups excluding carboxylic acids is 1. The Kier molecular flexibility index (Phi) is 5.00. The molecule has 2 N–H and O–H groups in total. The van der Waals surface area contributed by atoms with Crippen LogP contribution in [0.25, 0.3) is 0 Å². The minimum atomic E-state index is -4.99. The highest BCUT2D eigenvalue weighted by Gasteiger charge is 2.38. The Hall–Kier alpha value is -2.65. The summed E-state index contributed by atoms with van der Waals surface area (Å²) in [6.45, 7) is 0. The minimum absolute atomic E-state index is 0.00778. The molecule has 0 unspecified atom stereocenters. The summed E-state index contributed by atoms with van der Waals surface area (Å²) in [6, 6.07) is 6.55. The number of hydrogen-bond donors (Lipinski definition) is 2. The largest absolute Gasteiger partial charge is 0.508 e. The summed E-state index contributed by atoms with van der Waals surface area (Å²) in [4.78, 5) is 15.5. The fourth-order valence-electron chi connectivity index (χ4n) is 1.74. The summed E-state index contributed by atoms with van der Waals surface area (Å²) < 4.78 is 59.8. The zero-order valence-corrected chi connectivity index (χ0v) is 13.7. The van der Waals surface area contributed by atoms with Gasteiger partial charge in [-0.15, -0.1) is 0 Å². The molecule has 1 amide bonds. The Morgan fingerprint density at radius 3 is 2.64 bits per heavy atom. The number of phenolic OH excluding ortho intramolecular Hbond substituents is 1. The number of nitrogens with zero attached hydrogens (tertiary/aromatic N) is 2. The number of benzene rings is 1. The normalized spacial score (nSPS) is 11.8. The molecule has 0 bridgehead atoms. The number of nitrogens with one attached hydrogen (secondary N) is 1. The quantitative estimate of drug-likeness (QED) is 0.825. The zero-order valence-electron chi connectivity index (χ0n) is 12.0. The second-order valence-corrected chi connectivity index (χ2v) is 7.83. The summed E-state index contributed by atoms with van der Waals surface area (Å²) in [5.74, 6) is -3.12. The monoisotopic (exact) mass is 391 g/mol. The number of alkyl halides is 3. The molecule has 0 radical (unpaired) electrons. The molecule has 0 fully saturated rings. The van der Waals surface area contributed by atoms with E-state index in [9.17, 15) is 31.5 Å². The second-order valence-electron chi connectivity index (χ2n) is 4.65. The van der Waals surface area contributed by atoms with Crippen LogP contribution in [0.3, 0.4) is 0 Å². The van der Waals surface area contributed by atoms with Gasteiger partial charge in [-0.25, -0.2) is 13.4 Å². The van der Waals surface area contributed by atoms with E-state index in [1.54, 1.807) is 0 Å². The van der Waals surface area contributed by atoms with E-state index in [4.69, 9.17) is 5.26 Å². The number of halogens is 3. The van der Waals surface area contributed by atoms with Crippen molar-refractivity contribution in [3.8, 4) is 11.8 Å². The zero-order chi connectivity index (χ0) is 18.8. The van der Waals surface area contributed by atoms with Crippen molar-refractivity contribution in [3.63, 3.8) is 0 Å². The smallest absolute Gasteiger partial charge is 0.403 e. The van der Waals surface area contributed by atoms with E-state index >= 15 is 0 Å².